The fourth-order valence-corrected chi connectivity index (χ4v) is 3.72. The van der Waals surface area contributed by atoms with E-state index >= 15 is 0 Å². The highest BCUT2D eigenvalue weighted by Gasteiger charge is 2.27. The van der Waals surface area contributed by atoms with Gasteiger partial charge in [-0.05, 0) is 19.1 Å². The molecule has 0 unspecified atom stereocenters. The Kier molecular flexibility index (Phi) is 4.63. The first kappa shape index (κ1) is 16.6. The molecule has 2 heterocycles. The first-order valence-corrected chi connectivity index (χ1v) is 9.35. The molecule has 0 saturated carbocycles. The van der Waals surface area contributed by atoms with Gasteiger partial charge in [0.25, 0.3) is 0 Å². The van der Waals surface area contributed by atoms with Crippen LogP contribution in [0.1, 0.15) is 6.92 Å². The lowest BCUT2D eigenvalue weighted by Gasteiger charge is -2.33. The van der Waals surface area contributed by atoms with Gasteiger partial charge in [-0.15, -0.1) is 0 Å². The van der Waals surface area contributed by atoms with Gasteiger partial charge in [-0.2, -0.15) is 4.31 Å². The third-order valence-electron chi connectivity index (χ3n) is 4.02. The lowest BCUT2D eigenvalue weighted by molar-refractivity contribution is 0.184. The average Bonchev–Trinajstić information content (AvgIpc) is 2.62. The Balaban J connectivity index is 1.68. The highest BCUT2D eigenvalue weighted by atomic mass is 32.2. The first-order valence-electron chi connectivity index (χ1n) is 7.75. The summed E-state index contributed by atoms with van der Waals surface area (Å²) in [7, 11) is -3.20. The van der Waals surface area contributed by atoms with Gasteiger partial charge in [0, 0.05) is 38.6 Å². The van der Waals surface area contributed by atoms with Crippen molar-refractivity contribution in [3.05, 3.63) is 30.6 Å². The molecule has 24 heavy (non-hydrogen) atoms. The SMILES string of the molecule is CCS(=O)(=O)N1CCN(C(=O)Nc2cccc3nccnc23)CC1. The molecule has 1 N–H and O–H groups in total. The number of nitrogens with zero attached hydrogens (tertiary/aromatic N) is 4. The predicted octanol–water partition coefficient (Wildman–Crippen LogP) is 1.13. The number of para-hydroxylation sites is 1. The van der Waals surface area contributed by atoms with E-state index in [-0.39, 0.29) is 11.8 Å². The molecule has 0 atom stereocenters. The number of piperazine rings is 1. The van der Waals surface area contributed by atoms with E-state index in [0.29, 0.717) is 42.9 Å². The second kappa shape index (κ2) is 6.70. The van der Waals surface area contributed by atoms with Gasteiger partial charge in [0.05, 0.1) is 17.0 Å². The third kappa shape index (κ3) is 3.31. The summed E-state index contributed by atoms with van der Waals surface area (Å²) in [4.78, 5) is 22.5. The van der Waals surface area contributed by atoms with Crippen LogP contribution in [0.3, 0.4) is 0 Å². The maximum absolute atomic E-state index is 12.4. The van der Waals surface area contributed by atoms with E-state index in [1.165, 1.54) is 4.31 Å². The largest absolute Gasteiger partial charge is 0.322 e. The number of carbonyl (C=O) groups excluding carboxylic acids is 1. The van der Waals surface area contributed by atoms with Gasteiger partial charge in [0.1, 0.15) is 5.52 Å². The number of hydrogen-bond donors (Lipinski definition) is 1. The van der Waals surface area contributed by atoms with Crippen LogP contribution in [0.2, 0.25) is 0 Å². The Morgan fingerprint density at radius 2 is 1.88 bits per heavy atom. The molecular formula is C15H19N5O3S. The number of amides is 2. The molecule has 2 aromatic rings. The van der Waals surface area contributed by atoms with Crippen molar-refractivity contribution in [2.24, 2.45) is 0 Å². The van der Waals surface area contributed by atoms with Crippen LogP contribution in [-0.2, 0) is 10.0 Å². The van der Waals surface area contributed by atoms with Crippen LogP contribution in [0.25, 0.3) is 11.0 Å². The van der Waals surface area contributed by atoms with E-state index in [4.69, 9.17) is 0 Å². The number of urea groups is 1. The van der Waals surface area contributed by atoms with Crippen molar-refractivity contribution >= 4 is 32.8 Å². The van der Waals surface area contributed by atoms with Gasteiger partial charge in [-0.25, -0.2) is 13.2 Å². The predicted molar refractivity (Wildman–Crippen MR) is 91.2 cm³/mol. The minimum atomic E-state index is -3.20. The van der Waals surface area contributed by atoms with Crippen molar-refractivity contribution in [2.75, 3.05) is 37.2 Å². The Morgan fingerprint density at radius 3 is 2.58 bits per heavy atom. The van der Waals surface area contributed by atoms with Crippen LogP contribution < -0.4 is 5.32 Å². The van der Waals surface area contributed by atoms with Crippen LogP contribution in [0.4, 0.5) is 10.5 Å². The molecule has 0 bridgehead atoms. The molecule has 1 aliphatic rings. The number of hydrogen-bond acceptors (Lipinski definition) is 5. The van der Waals surface area contributed by atoms with Crippen LogP contribution >= 0.6 is 0 Å². The van der Waals surface area contributed by atoms with Crippen LogP contribution in [-0.4, -0.2) is 65.6 Å². The van der Waals surface area contributed by atoms with Gasteiger partial charge in [0.15, 0.2) is 0 Å². The Hall–Kier alpha value is -2.26. The quantitative estimate of drug-likeness (QED) is 0.896. The third-order valence-corrected chi connectivity index (χ3v) is 5.91. The fraction of sp³-hybridized carbons (Fsp3) is 0.400. The van der Waals surface area contributed by atoms with Gasteiger partial charge in [-0.1, -0.05) is 6.07 Å². The van der Waals surface area contributed by atoms with E-state index in [9.17, 15) is 13.2 Å². The van der Waals surface area contributed by atoms with Crippen molar-refractivity contribution in [3.8, 4) is 0 Å². The number of nitrogens with one attached hydrogen (secondary N) is 1. The van der Waals surface area contributed by atoms with E-state index in [2.05, 4.69) is 15.3 Å². The van der Waals surface area contributed by atoms with Crippen molar-refractivity contribution in [1.29, 1.82) is 0 Å². The molecule has 1 saturated heterocycles. The second-order valence-electron chi connectivity index (χ2n) is 5.45. The van der Waals surface area contributed by atoms with E-state index in [1.54, 1.807) is 36.4 Å². The van der Waals surface area contributed by atoms with Crippen LogP contribution in [0.15, 0.2) is 30.6 Å². The van der Waals surface area contributed by atoms with Gasteiger partial charge in [0.2, 0.25) is 10.0 Å². The molecule has 128 valence electrons. The minimum Gasteiger partial charge on any atom is -0.322 e. The second-order valence-corrected chi connectivity index (χ2v) is 7.70. The lowest BCUT2D eigenvalue weighted by atomic mass is 10.2. The molecule has 0 aliphatic carbocycles. The van der Waals surface area contributed by atoms with Gasteiger partial charge >= 0.3 is 6.03 Å². The topological polar surface area (TPSA) is 95.5 Å². The van der Waals surface area contributed by atoms with E-state index < -0.39 is 10.0 Å². The molecular weight excluding hydrogens is 330 g/mol. The summed E-state index contributed by atoms with van der Waals surface area (Å²) in [5.41, 5.74) is 1.92. The molecule has 0 radical (unpaired) electrons. The molecule has 8 nitrogen and oxygen atoms in total. The number of aromatic nitrogens is 2. The molecule has 9 heteroatoms. The number of rotatable bonds is 3. The van der Waals surface area contributed by atoms with Crippen molar-refractivity contribution in [3.63, 3.8) is 0 Å². The number of carbonyl (C=O) groups is 1. The molecule has 1 fully saturated rings. The van der Waals surface area contributed by atoms with Crippen molar-refractivity contribution in [2.45, 2.75) is 6.92 Å². The van der Waals surface area contributed by atoms with Crippen LogP contribution in [0.5, 0.6) is 0 Å². The molecule has 1 aromatic heterocycles. The molecule has 1 aromatic carbocycles. The number of benzene rings is 1. The van der Waals surface area contributed by atoms with Gasteiger partial charge < -0.3 is 10.2 Å². The molecule has 3 rings (SSSR count). The van der Waals surface area contributed by atoms with Gasteiger partial charge in [-0.3, -0.25) is 9.97 Å². The average molecular weight is 349 g/mol. The summed E-state index contributed by atoms with van der Waals surface area (Å²) in [5, 5.41) is 2.84. The summed E-state index contributed by atoms with van der Waals surface area (Å²) in [6.45, 7) is 2.98. The normalized spacial score (nSPS) is 16.3. The Labute approximate surface area is 140 Å². The maximum Gasteiger partial charge on any atom is 0.321 e. The number of anilines is 1. The zero-order valence-corrected chi connectivity index (χ0v) is 14.2. The van der Waals surface area contributed by atoms with Crippen LogP contribution in [0, 0.1) is 0 Å². The highest BCUT2D eigenvalue weighted by Crippen LogP contribution is 2.19. The summed E-state index contributed by atoms with van der Waals surface area (Å²) in [5.74, 6) is 0.0773. The summed E-state index contributed by atoms with van der Waals surface area (Å²) in [6, 6.07) is 5.14. The fourth-order valence-electron chi connectivity index (χ4n) is 2.64. The monoisotopic (exact) mass is 349 g/mol. The smallest absolute Gasteiger partial charge is 0.321 e. The zero-order valence-electron chi connectivity index (χ0n) is 13.3. The Morgan fingerprint density at radius 1 is 1.17 bits per heavy atom. The lowest BCUT2D eigenvalue weighted by Crippen LogP contribution is -2.51. The molecule has 1 aliphatic heterocycles. The van der Waals surface area contributed by atoms with Crippen molar-refractivity contribution < 1.29 is 13.2 Å². The minimum absolute atomic E-state index is 0.0773. The Bertz CT molecular complexity index is 842. The standard InChI is InChI=1S/C15H19N5O3S/c1-2-24(22,23)20-10-8-19(9-11-20)15(21)18-13-5-3-4-12-14(13)17-7-6-16-12/h3-7H,2,8-11H2,1H3,(H,18,21). The number of sulfonamides is 1. The summed E-state index contributed by atoms with van der Waals surface area (Å²) < 4.78 is 25.2. The summed E-state index contributed by atoms with van der Waals surface area (Å²) in [6.07, 6.45) is 3.17. The van der Waals surface area contributed by atoms with E-state index in [0.717, 1.165) is 0 Å². The first-order chi connectivity index (χ1) is 11.5. The number of fused-ring (bicyclic) bond motifs is 1. The molecule has 2 amide bonds. The zero-order chi connectivity index (χ0) is 17.2. The summed E-state index contributed by atoms with van der Waals surface area (Å²) >= 11 is 0. The van der Waals surface area contributed by atoms with Crippen molar-refractivity contribution in [1.82, 2.24) is 19.2 Å². The van der Waals surface area contributed by atoms with E-state index in [1.807, 2.05) is 6.07 Å². The highest BCUT2D eigenvalue weighted by molar-refractivity contribution is 7.89. The maximum atomic E-state index is 12.4. The molecule has 0 spiro atoms.